The summed E-state index contributed by atoms with van der Waals surface area (Å²) in [6, 6.07) is 14.6. The van der Waals surface area contributed by atoms with Crippen molar-refractivity contribution in [2.24, 2.45) is 0 Å². The molecule has 4 aromatic carbocycles. The number of hydrogen-bond acceptors (Lipinski definition) is 9. The molecule has 0 radical (unpaired) electrons. The molecule has 10 heteroatoms. The summed E-state index contributed by atoms with van der Waals surface area (Å²) in [5.41, 5.74) is 0. The third kappa shape index (κ3) is 19.9. The van der Waals surface area contributed by atoms with Gasteiger partial charge in [0, 0.05) is 27.4 Å². The van der Waals surface area contributed by atoms with Crippen LogP contribution < -0.4 is 23.7 Å². The van der Waals surface area contributed by atoms with Crippen LogP contribution in [0.1, 0.15) is 202 Å². The van der Waals surface area contributed by atoms with Crippen molar-refractivity contribution in [2.75, 3.05) is 60.1 Å². The number of ether oxygens (including phenoxy) is 5. The van der Waals surface area contributed by atoms with Gasteiger partial charge in [-0.25, -0.2) is 0 Å². The summed E-state index contributed by atoms with van der Waals surface area (Å²) in [4.78, 5) is 1.22. The van der Waals surface area contributed by atoms with Crippen molar-refractivity contribution in [3.63, 3.8) is 0 Å². The molecule has 4 aromatic rings. The molecule has 0 saturated carbocycles. The smallest absolute Gasteiger partial charge is 0.492 e. The van der Waals surface area contributed by atoms with Crippen LogP contribution in [0.2, 0.25) is 6.04 Å². The van der Waals surface area contributed by atoms with E-state index < -0.39 is 8.80 Å². The average Bonchev–Trinajstić information content (AvgIpc) is 3.36. The third-order valence-electron chi connectivity index (χ3n) is 13.5. The van der Waals surface area contributed by atoms with Crippen LogP contribution in [0.3, 0.4) is 0 Å². The molecule has 0 bridgehead atoms. The van der Waals surface area contributed by atoms with E-state index in [2.05, 4.69) is 71.0 Å². The average molecular weight is 994 g/mol. The Bertz CT molecular complexity index is 1930. The zero-order valence-corrected chi connectivity index (χ0v) is 46.8. The molecule has 0 aromatic heterocycles. The molecule has 0 fully saturated rings. The molecule has 0 unspecified atom stereocenters. The molecule has 390 valence electrons. The highest BCUT2D eigenvalue weighted by atomic mass is 32.2. The highest BCUT2D eigenvalue weighted by Gasteiger charge is 2.36. The molecule has 0 aliphatic rings. The maximum atomic E-state index is 6.68. The lowest BCUT2D eigenvalue weighted by molar-refractivity contribution is 0.122. The summed E-state index contributed by atoms with van der Waals surface area (Å²) in [6.07, 6.45) is 31.5. The van der Waals surface area contributed by atoms with Crippen molar-refractivity contribution in [1.82, 2.24) is 0 Å². The first kappa shape index (κ1) is 58.7. The lowest BCUT2D eigenvalue weighted by Gasteiger charge is -2.24. The number of thioether (sulfide) groups is 1. The van der Waals surface area contributed by atoms with Gasteiger partial charge in [0.1, 0.15) is 5.75 Å². The van der Waals surface area contributed by atoms with E-state index in [0.717, 1.165) is 138 Å². The molecule has 0 atom stereocenters. The Kier molecular flexibility index (Phi) is 30.0. The van der Waals surface area contributed by atoms with Gasteiger partial charge in [-0.3, -0.25) is 0 Å². The summed E-state index contributed by atoms with van der Waals surface area (Å²) in [5, 5.41) is 6.94. The van der Waals surface area contributed by atoms with Crippen LogP contribution >= 0.6 is 11.8 Å². The van der Waals surface area contributed by atoms with E-state index >= 15 is 0 Å². The molecule has 0 aliphatic heterocycles. The minimum atomic E-state index is -2.40. The highest BCUT2D eigenvalue weighted by Crippen LogP contribution is 2.47. The Balaban J connectivity index is 1.43. The molecule has 4 rings (SSSR count). The fraction of sp³-hybridized carbons (Fsp3) is 0.695. The predicted molar refractivity (Wildman–Crippen MR) is 297 cm³/mol. The Labute approximate surface area is 425 Å². The molecule has 0 heterocycles. The zero-order chi connectivity index (χ0) is 49.4. The Morgan fingerprint density at radius 3 is 0.884 bits per heavy atom. The van der Waals surface area contributed by atoms with Gasteiger partial charge in [0.25, 0.3) is 0 Å². The maximum Gasteiger partial charge on any atom is 0.500 e. The van der Waals surface area contributed by atoms with E-state index in [1.807, 2.05) is 11.8 Å². The standard InChI is InChI=1S/C59H96O8SSi/c1-9-14-35-63-54-42-48-49-43-55(64-36-15-10-2)57(66-38-17-12-4)45-51(49)53-47-59(58(67-39-18-13-5)46-52(53)50(48)44-56(54)65-37-16-11-3)68-40-33-31-29-27-25-23-21-19-20-22-24-26-28-30-32-34-41-69(60-6,61-7)62-8/h42-47H,9-41H2,1-8H3. The molecule has 8 nitrogen and oxygen atoms in total. The van der Waals surface area contributed by atoms with Gasteiger partial charge in [-0.2, -0.15) is 0 Å². The quantitative estimate of drug-likeness (QED) is 0.0187. The number of unbranched alkanes of at least 4 members (excludes halogenated alkanes) is 20. The maximum absolute atomic E-state index is 6.68. The second-order valence-electron chi connectivity index (χ2n) is 19.1. The summed E-state index contributed by atoms with van der Waals surface area (Å²) in [6.45, 7) is 14.4. The molecule has 0 amide bonds. The van der Waals surface area contributed by atoms with Crippen LogP contribution in [0.15, 0.2) is 41.3 Å². The van der Waals surface area contributed by atoms with Crippen molar-refractivity contribution < 1.29 is 37.0 Å². The summed E-state index contributed by atoms with van der Waals surface area (Å²) in [5.74, 6) is 5.30. The molecule has 0 spiro atoms. The molecule has 0 N–H and O–H groups in total. The number of hydrogen-bond donors (Lipinski definition) is 0. The Morgan fingerprint density at radius 2 is 0.580 bits per heavy atom. The van der Waals surface area contributed by atoms with Crippen LogP contribution in [0, 0.1) is 0 Å². The molecular formula is C59H96O8SSi. The van der Waals surface area contributed by atoms with Crippen molar-refractivity contribution >= 4 is 52.9 Å². The van der Waals surface area contributed by atoms with Gasteiger partial charge in [0.15, 0.2) is 23.0 Å². The van der Waals surface area contributed by atoms with Crippen molar-refractivity contribution in [3.8, 4) is 28.7 Å². The van der Waals surface area contributed by atoms with Crippen LogP contribution in [0.4, 0.5) is 0 Å². The summed E-state index contributed by atoms with van der Waals surface area (Å²) < 4.78 is 49.4. The zero-order valence-electron chi connectivity index (χ0n) is 45.0. The van der Waals surface area contributed by atoms with Gasteiger partial charge in [-0.05, 0) is 119 Å². The first-order chi connectivity index (χ1) is 33.9. The fourth-order valence-electron chi connectivity index (χ4n) is 8.98. The van der Waals surface area contributed by atoms with E-state index in [4.69, 9.17) is 37.0 Å². The van der Waals surface area contributed by atoms with E-state index in [1.165, 1.54) is 107 Å². The van der Waals surface area contributed by atoms with Crippen molar-refractivity contribution in [3.05, 3.63) is 36.4 Å². The minimum Gasteiger partial charge on any atom is -0.492 e. The van der Waals surface area contributed by atoms with E-state index in [9.17, 15) is 0 Å². The normalized spacial score (nSPS) is 11.9. The monoisotopic (exact) mass is 993 g/mol. The van der Waals surface area contributed by atoms with Gasteiger partial charge in [0.05, 0.1) is 37.9 Å². The minimum absolute atomic E-state index is 0.654. The summed E-state index contributed by atoms with van der Waals surface area (Å²) >= 11 is 1.95. The fourth-order valence-corrected chi connectivity index (χ4v) is 11.8. The lowest BCUT2D eigenvalue weighted by atomic mass is 9.93. The second kappa shape index (κ2) is 35.3. The topological polar surface area (TPSA) is 73.8 Å². The molecular weight excluding hydrogens is 897 g/mol. The van der Waals surface area contributed by atoms with E-state index in [-0.39, 0.29) is 0 Å². The van der Waals surface area contributed by atoms with E-state index in [0.29, 0.717) is 33.0 Å². The third-order valence-corrected chi connectivity index (χ3v) is 17.4. The van der Waals surface area contributed by atoms with Crippen LogP contribution in [-0.4, -0.2) is 68.9 Å². The van der Waals surface area contributed by atoms with Crippen LogP contribution in [0.25, 0.3) is 32.3 Å². The Hall–Kier alpha value is -2.89. The Morgan fingerprint density at radius 1 is 0.319 bits per heavy atom. The van der Waals surface area contributed by atoms with Gasteiger partial charge < -0.3 is 37.0 Å². The lowest BCUT2D eigenvalue weighted by Crippen LogP contribution is -2.42. The van der Waals surface area contributed by atoms with Gasteiger partial charge in [-0.1, -0.05) is 157 Å². The van der Waals surface area contributed by atoms with Gasteiger partial charge in [-0.15, -0.1) is 11.8 Å². The molecule has 0 aliphatic carbocycles. The van der Waals surface area contributed by atoms with Gasteiger partial charge in [0.2, 0.25) is 0 Å². The van der Waals surface area contributed by atoms with Crippen LogP contribution in [-0.2, 0) is 13.3 Å². The first-order valence-corrected chi connectivity index (χ1v) is 30.8. The van der Waals surface area contributed by atoms with Crippen molar-refractivity contribution in [2.45, 2.75) is 212 Å². The van der Waals surface area contributed by atoms with E-state index in [1.54, 1.807) is 21.3 Å². The molecule has 69 heavy (non-hydrogen) atoms. The highest BCUT2D eigenvalue weighted by molar-refractivity contribution is 7.99. The largest absolute Gasteiger partial charge is 0.500 e. The number of fused-ring (bicyclic) bond motifs is 6. The van der Waals surface area contributed by atoms with Crippen LogP contribution in [0.5, 0.6) is 28.7 Å². The molecule has 0 saturated heterocycles. The number of benzene rings is 4. The van der Waals surface area contributed by atoms with Crippen molar-refractivity contribution in [1.29, 1.82) is 0 Å². The second-order valence-corrected chi connectivity index (χ2v) is 23.3. The SMILES string of the molecule is CCCCOc1cc2c3cc(OCCCC)c(OCCCC)cc3c3cc(SCCCCCCCCCCCCCCCCCC[Si](OC)(OC)OC)c(OCCCC)cc3c2cc1OCCCC. The summed E-state index contributed by atoms with van der Waals surface area (Å²) in [7, 11) is 2.72. The predicted octanol–water partition coefficient (Wildman–Crippen LogP) is 18.3. The number of rotatable bonds is 43. The first-order valence-electron chi connectivity index (χ1n) is 27.9. The van der Waals surface area contributed by atoms with Gasteiger partial charge >= 0.3 is 8.80 Å².